The number of sulfone groups is 1. The second-order valence-corrected chi connectivity index (χ2v) is 5.70. The lowest BCUT2D eigenvalue weighted by Crippen LogP contribution is -2.40. The van der Waals surface area contributed by atoms with Crippen molar-refractivity contribution in [1.82, 2.24) is 0 Å². The molecule has 6 heteroatoms. The summed E-state index contributed by atoms with van der Waals surface area (Å²) in [5.41, 5.74) is 0. The molecule has 1 aromatic carbocycles. The zero-order valence-corrected chi connectivity index (χ0v) is 10.3. The lowest BCUT2D eigenvalue weighted by atomic mass is 10.4. The summed E-state index contributed by atoms with van der Waals surface area (Å²) in [6.45, 7) is 2.08. The molecule has 0 saturated heterocycles. The highest BCUT2D eigenvalue weighted by atomic mass is 32.2. The van der Waals surface area contributed by atoms with Gasteiger partial charge in [-0.15, -0.1) is 0 Å². The number of rotatable bonds is 4. The van der Waals surface area contributed by atoms with E-state index in [1.165, 1.54) is 31.2 Å². The van der Waals surface area contributed by atoms with E-state index in [-0.39, 0.29) is 11.5 Å². The number of hydrogen-bond donors (Lipinski definition) is 0. The number of ether oxygens (including phenoxy) is 1. The molecule has 1 atom stereocenters. The Bertz CT molecular complexity index is 493. The fourth-order valence-electron chi connectivity index (χ4n) is 1.19. The van der Waals surface area contributed by atoms with Gasteiger partial charge in [-0.25, -0.2) is 17.6 Å². The summed E-state index contributed by atoms with van der Waals surface area (Å²) in [7, 11) is -4.40. The number of esters is 1. The largest absolute Gasteiger partial charge is 0.463 e. The van der Waals surface area contributed by atoms with E-state index in [1.54, 1.807) is 6.07 Å². The first-order valence-corrected chi connectivity index (χ1v) is 6.48. The average Bonchev–Trinajstić information content (AvgIpc) is 2.30. The lowest BCUT2D eigenvalue weighted by Gasteiger charge is -2.18. The Hall–Kier alpha value is -1.43. The first-order chi connectivity index (χ1) is 7.84. The number of hydrogen-bond acceptors (Lipinski definition) is 4. The third-order valence-corrected chi connectivity index (χ3v) is 4.27. The fourth-order valence-corrected chi connectivity index (χ4v) is 2.43. The summed E-state index contributed by atoms with van der Waals surface area (Å²) in [5, 5.41) is -3.08. The predicted molar refractivity (Wildman–Crippen MR) is 59.8 cm³/mol. The Morgan fingerprint density at radius 3 is 2.35 bits per heavy atom. The minimum atomic E-state index is -4.40. The molecule has 0 amide bonds. The van der Waals surface area contributed by atoms with E-state index in [1.807, 2.05) is 0 Å². The highest BCUT2D eigenvalue weighted by Crippen LogP contribution is 2.28. The van der Waals surface area contributed by atoms with Crippen LogP contribution >= 0.6 is 0 Å². The van der Waals surface area contributed by atoms with Crippen LogP contribution in [0.25, 0.3) is 0 Å². The molecule has 1 unspecified atom stereocenters. The number of alkyl halides is 1. The Morgan fingerprint density at radius 1 is 1.35 bits per heavy atom. The van der Waals surface area contributed by atoms with Gasteiger partial charge in [0.1, 0.15) is 0 Å². The van der Waals surface area contributed by atoms with Crippen LogP contribution in [0.2, 0.25) is 0 Å². The van der Waals surface area contributed by atoms with Gasteiger partial charge in [0.2, 0.25) is 9.84 Å². The molecule has 0 aliphatic carbocycles. The molecule has 0 saturated carbocycles. The normalized spacial score (nSPS) is 15.0. The average molecular weight is 260 g/mol. The number of carbonyl (C=O) groups is 1. The summed E-state index contributed by atoms with van der Waals surface area (Å²) < 4.78 is 42.3. The molecule has 0 fully saturated rings. The standard InChI is InChI=1S/C11H13FO4S/c1-3-16-10(13)11(2,12)17(14,15)9-7-5-4-6-8-9/h4-8H,3H2,1-2H3. The molecule has 4 nitrogen and oxygen atoms in total. The second-order valence-electron chi connectivity index (χ2n) is 3.45. The monoisotopic (exact) mass is 260 g/mol. The maximum absolute atomic E-state index is 14.1. The molecular weight excluding hydrogens is 247 g/mol. The Labute approximate surface area is 99.3 Å². The molecule has 0 radical (unpaired) electrons. The minimum absolute atomic E-state index is 0.0807. The topological polar surface area (TPSA) is 60.4 Å². The maximum atomic E-state index is 14.1. The number of benzene rings is 1. The van der Waals surface area contributed by atoms with Crippen molar-refractivity contribution in [2.24, 2.45) is 0 Å². The first-order valence-electron chi connectivity index (χ1n) is 5.00. The van der Waals surface area contributed by atoms with E-state index < -0.39 is 20.8 Å². The SMILES string of the molecule is CCOC(=O)C(C)(F)S(=O)(=O)c1ccccc1. The van der Waals surface area contributed by atoms with Crippen molar-refractivity contribution < 1.29 is 22.3 Å². The quantitative estimate of drug-likeness (QED) is 0.773. The molecule has 0 aliphatic heterocycles. The minimum Gasteiger partial charge on any atom is -0.463 e. The molecule has 0 bridgehead atoms. The van der Waals surface area contributed by atoms with Gasteiger partial charge in [-0.2, -0.15) is 0 Å². The molecule has 0 aliphatic rings. The van der Waals surface area contributed by atoms with E-state index in [9.17, 15) is 17.6 Å². The predicted octanol–water partition coefficient (Wildman–Crippen LogP) is 1.71. The van der Waals surface area contributed by atoms with Crippen molar-refractivity contribution in [3.8, 4) is 0 Å². The first kappa shape index (κ1) is 13.6. The summed E-state index contributed by atoms with van der Waals surface area (Å²) in [5.74, 6) is -1.40. The molecule has 1 rings (SSSR count). The Morgan fingerprint density at radius 2 is 1.88 bits per heavy atom. The van der Waals surface area contributed by atoms with E-state index in [2.05, 4.69) is 4.74 Å². The third-order valence-electron chi connectivity index (χ3n) is 2.20. The molecule has 0 spiro atoms. The molecule has 1 aromatic rings. The summed E-state index contributed by atoms with van der Waals surface area (Å²) >= 11 is 0. The van der Waals surface area contributed by atoms with Crippen LogP contribution < -0.4 is 0 Å². The van der Waals surface area contributed by atoms with Crippen molar-refractivity contribution in [3.05, 3.63) is 30.3 Å². The van der Waals surface area contributed by atoms with Crippen LogP contribution in [0, 0.1) is 0 Å². The van der Waals surface area contributed by atoms with Crippen LogP contribution in [-0.4, -0.2) is 26.0 Å². The van der Waals surface area contributed by atoms with Gasteiger partial charge in [-0.1, -0.05) is 18.2 Å². The zero-order chi connectivity index (χ0) is 13.1. The van der Waals surface area contributed by atoms with Gasteiger partial charge in [-0.3, -0.25) is 0 Å². The zero-order valence-electron chi connectivity index (χ0n) is 9.51. The summed E-state index contributed by atoms with van der Waals surface area (Å²) in [4.78, 5) is 11.1. The van der Waals surface area contributed by atoms with Crippen molar-refractivity contribution in [1.29, 1.82) is 0 Å². The fraction of sp³-hybridized carbons (Fsp3) is 0.364. The molecule has 0 aromatic heterocycles. The highest BCUT2D eigenvalue weighted by molar-refractivity contribution is 7.93. The Kier molecular flexibility index (Phi) is 3.87. The lowest BCUT2D eigenvalue weighted by molar-refractivity contribution is -0.150. The molecular formula is C11H13FO4S. The van der Waals surface area contributed by atoms with E-state index in [4.69, 9.17) is 0 Å². The van der Waals surface area contributed by atoms with Gasteiger partial charge in [0, 0.05) is 0 Å². The molecule has 17 heavy (non-hydrogen) atoms. The van der Waals surface area contributed by atoms with Gasteiger partial charge < -0.3 is 4.74 Å². The smallest absolute Gasteiger partial charge is 0.360 e. The van der Waals surface area contributed by atoms with E-state index >= 15 is 0 Å². The molecule has 94 valence electrons. The van der Waals surface area contributed by atoms with Crippen molar-refractivity contribution in [2.45, 2.75) is 23.7 Å². The van der Waals surface area contributed by atoms with Crippen LogP contribution in [0.3, 0.4) is 0 Å². The van der Waals surface area contributed by atoms with Crippen LogP contribution in [0.15, 0.2) is 35.2 Å². The van der Waals surface area contributed by atoms with Crippen LogP contribution in [0.4, 0.5) is 4.39 Å². The highest BCUT2D eigenvalue weighted by Gasteiger charge is 2.49. The van der Waals surface area contributed by atoms with Crippen molar-refractivity contribution >= 4 is 15.8 Å². The van der Waals surface area contributed by atoms with Gasteiger partial charge in [0.05, 0.1) is 11.5 Å². The number of halogens is 1. The second kappa shape index (κ2) is 4.83. The third kappa shape index (κ3) is 2.46. The number of carbonyl (C=O) groups excluding carboxylic acids is 1. The van der Waals surface area contributed by atoms with Crippen LogP contribution in [0.1, 0.15) is 13.8 Å². The van der Waals surface area contributed by atoms with Gasteiger partial charge in [0.25, 0.3) is 0 Å². The van der Waals surface area contributed by atoms with Crippen LogP contribution in [-0.2, 0) is 19.4 Å². The summed E-state index contributed by atoms with van der Waals surface area (Å²) in [6, 6.07) is 6.96. The van der Waals surface area contributed by atoms with Crippen molar-refractivity contribution in [2.75, 3.05) is 6.61 Å². The maximum Gasteiger partial charge on any atom is 0.360 e. The van der Waals surface area contributed by atoms with E-state index in [0.717, 1.165) is 0 Å². The molecule has 0 heterocycles. The van der Waals surface area contributed by atoms with Crippen LogP contribution in [0.5, 0.6) is 0 Å². The van der Waals surface area contributed by atoms with Gasteiger partial charge in [-0.05, 0) is 26.0 Å². The van der Waals surface area contributed by atoms with Crippen molar-refractivity contribution in [3.63, 3.8) is 0 Å². The van der Waals surface area contributed by atoms with Gasteiger partial charge >= 0.3 is 11.0 Å². The summed E-state index contributed by atoms with van der Waals surface area (Å²) in [6.07, 6.45) is 0. The van der Waals surface area contributed by atoms with E-state index in [0.29, 0.717) is 6.92 Å². The van der Waals surface area contributed by atoms with Gasteiger partial charge in [0.15, 0.2) is 0 Å². The Balaban J connectivity index is 3.19. The molecule has 0 N–H and O–H groups in total.